The Morgan fingerprint density at radius 3 is 2.29 bits per heavy atom. The molecule has 0 bridgehead atoms. The molecule has 4 heteroatoms. The van der Waals surface area contributed by atoms with Crippen LogP contribution in [0.4, 0.5) is 0 Å². The third kappa shape index (κ3) is 6.03. The van der Waals surface area contributed by atoms with Gasteiger partial charge in [0.15, 0.2) is 0 Å². The third-order valence-corrected chi connectivity index (χ3v) is 2.72. The Balaban J connectivity index is 2.30. The van der Waals surface area contributed by atoms with Crippen molar-refractivity contribution in [2.45, 2.75) is 71.3 Å². The molecule has 0 aliphatic carbocycles. The lowest BCUT2D eigenvalue weighted by molar-refractivity contribution is -0.158. The molecule has 0 aromatic heterocycles. The molecule has 1 heterocycles. The maximum Gasteiger partial charge on any atom is 0.320 e. The van der Waals surface area contributed by atoms with E-state index >= 15 is 0 Å². The summed E-state index contributed by atoms with van der Waals surface area (Å²) < 4.78 is 11.1. The molecule has 0 spiro atoms. The van der Waals surface area contributed by atoms with Crippen LogP contribution in [0.2, 0.25) is 0 Å². The zero-order valence-electron chi connectivity index (χ0n) is 11.6. The van der Waals surface area contributed by atoms with Crippen molar-refractivity contribution in [3.63, 3.8) is 0 Å². The van der Waals surface area contributed by atoms with Gasteiger partial charge in [-0.15, -0.1) is 0 Å². The van der Waals surface area contributed by atoms with Crippen LogP contribution in [0, 0.1) is 0 Å². The molecule has 1 N–H and O–H groups in total. The summed E-state index contributed by atoms with van der Waals surface area (Å²) in [5, 5.41) is 3.13. The van der Waals surface area contributed by atoms with Gasteiger partial charge < -0.3 is 14.8 Å². The van der Waals surface area contributed by atoms with E-state index in [0.717, 1.165) is 12.8 Å². The lowest BCUT2D eigenvalue weighted by Crippen LogP contribution is -2.42. The van der Waals surface area contributed by atoms with Crippen LogP contribution in [0.5, 0.6) is 0 Å². The molecule has 1 aliphatic rings. The molecular formula is C13H25NO3. The quantitative estimate of drug-likeness (QED) is 0.769. The Morgan fingerprint density at radius 2 is 1.82 bits per heavy atom. The molecule has 0 aromatic carbocycles. The Bertz CT molecular complexity index is 250. The summed E-state index contributed by atoms with van der Waals surface area (Å²) in [6.07, 6.45) is 1.94. The molecule has 1 fully saturated rings. The molecule has 0 aromatic rings. The minimum absolute atomic E-state index is 0.00279. The monoisotopic (exact) mass is 243 g/mol. The first kappa shape index (κ1) is 14.5. The van der Waals surface area contributed by atoms with E-state index in [4.69, 9.17) is 9.47 Å². The van der Waals surface area contributed by atoms with E-state index in [9.17, 15) is 4.79 Å². The van der Waals surface area contributed by atoms with Crippen molar-refractivity contribution >= 4 is 5.97 Å². The fourth-order valence-corrected chi connectivity index (χ4v) is 2.01. The number of rotatable bonds is 3. The van der Waals surface area contributed by atoms with E-state index in [1.54, 1.807) is 0 Å². The van der Waals surface area contributed by atoms with Crippen molar-refractivity contribution in [3.8, 4) is 0 Å². The van der Waals surface area contributed by atoms with Crippen LogP contribution >= 0.6 is 0 Å². The second kappa shape index (κ2) is 5.83. The van der Waals surface area contributed by atoms with Gasteiger partial charge in [0.25, 0.3) is 0 Å². The van der Waals surface area contributed by atoms with E-state index in [2.05, 4.69) is 5.32 Å². The zero-order valence-corrected chi connectivity index (χ0v) is 11.6. The van der Waals surface area contributed by atoms with Crippen molar-refractivity contribution in [3.05, 3.63) is 0 Å². The smallest absolute Gasteiger partial charge is 0.320 e. The van der Waals surface area contributed by atoms with Crippen LogP contribution < -0.4 is 5.32 Å². The summed E-state index contributed by atoms with van der Waals surface area (Å²) >= 11 is 0. The van der Waals surface area contributed by atoms with Crippen LogP contribution in [-0.4, -0.2) is 36.4 Å². The molecule has 4 nitrogen and oxygen atoms in total. The Morgan fingerprint density at radius 1 is 1.29 bits per heavy atom. The van der Waals surface area contributed by atoms with Crippen molar-refractivity contribution in [2.75, 3.05) is 6.54 Å². The molecule has 2 atom stereocenters. The first-order valence-corrected chi connectivity index (χ1v) is 6.36. The van der Waals surface area contributed by atoms with Gasteiger partial charge in [-0.3, -0.25) is 4.79 Å². The first-order valence-electron chi connectivity index (χ1n) is 6.36. The van der Waals surface area contributed by atoms with Gasteiger partial charge in [-0.05, 0) is 34.6 Å². The Kier molecular flexibility index (Phi) is 4.95. The highest BCUT2D eigenvalue weighted by molar-refractivity contribution is 5.71. The van der Waals surface area contributed by atoms with E-state index in [0.29, 0.717) is 0 Å². The van der Waals surface area contributed by atoms with Gasteiger partial charge in [0, 0.05) is 18.4 Å². The van der Waals surface area contributed by atoms with Crippen LogP contribution in [0.1, 0.15) is 47.5 Å². The van der Waals surface area contributed by atoms with Gasteiger partial charge in [-0.25, -0.2) is 0 Å². The van der Waals surface area contributed by atoms with Crippen LogP contribution in [-0.2, 0) is 14.3 Å². The summed E-state index contributed by atoms with van der Waals surface area (Å²) in [5.74, 6) is -0.175. The van der Waals surface area contributed by atoms with Crippen molar-refractivity contribution in [1.82, 2.24) is 5.32 Å². The predicted molar refractivity (Wildman–Crippen MR) is 66.9 cm³/mol. The zero-order chi connectivity index (χ0) is 13.1. The number of carbonyl (C=O) groups excluding carboxylic acids is 1. The van der Waals surface area contributed by atoms with E-state index < -0.39 is 0 Å². The van der Waals surface area contributed by atoms with Gasteiger partial charge in [-0.2, -0.15) is 0 Å². The van der Waals surface area contributed by atoms with E-state index in [1.165, 1.54) is 0 Å². The third-order valence-electron chi connectivity index (χ3n) is 2.72. The van der Waals surface area contributed by atoms with Gasteiger partial charge in [0.1, 0.15) is 6.10 Å². The number of carbonyl (C=O) groups is 1. The number of nitrogens with one attached hydrogen (secondary N) is 1. The van der Waals surface area contributed by atoms with Gasteiger partial charge >= 0.3 is 5.97 Å². The van der Waals surface area contributed by atoms with Gasteiger partial charge in [0.05, 0.1) is 18.8 Å². The molecule has 1 aliphatic heterocycles. The van der Waals surface area contributed by atoms with E-state index in [1.807, 2.05) is 34.6 Å². The highest BCUT2D eigenvalue weighted by Crippen LogP contribution is 2.21. The molecule has 0 saturated carbocycles. The minimum atomic E-state index is -0.175. The largest absolute Gasteiger partial charge is 0.461 e. The van der Waals surface area contributed by atoms with Crippen molar-refractivity contribution < 1.29 is 14.3 Å². The standard InChI is InChI=1S/C13H25NO3/c1-9-6-11(7-10(2)16-9)17-12(15)8-14-13(3,4)5/h9-11,14H,6-8H2,1-5H3. The number of hydrogen-bond donors (Lipinski definition) is 1. The maximum atomic E-state index is 11.6. The molecule has 0 radical (unpaired) electrons. The van der Waals surface area contributed by atoms with Crippen LogP contribution in [0.3, 0.4) is 0 Å². The summed E-state index contributed by atoms with van der Waals surface area (Å²) in [5.41, 5.74) is -0.0602. The van der Waals surface area contributed by atoms with Crippen LogP contribution in [0.15, 0.2) is 0 Å². The van der Waals surface area contributed by atoms with Crippen molar-refractivity contribution in [1.29, 1.82) is 0 Å². The fraction of sp³-hybridized carbons (Fsp3) is 0.923. The van der Waals surface area contributed by atoms with Crippen molar-refractivity contribution in [2.24, 2.45) is 0 Å². The molecule has 17 heavy (non-hydrogen) atoms. The predicted octanol–water partition coefficient (Wildman–Crippen LogP) is 1.87. The molecule has 100 valence electrons. The molecular weight excluding hydrogens is 218 g/mol. The summed E-state index contributed by atoms with van der Waals surface area (Å²) in [4.78, 5) is 11.6. The molecule has 0 amide bonds. The number of esters is 1. The SMILES string of the molecule is CC1CC(OC(=O)CNC(C)(C)C)CC(C)O1. The summed E-state index contributed by atoms with van der Waals surface area (Å²) in [6.45, 7) is 10.4. The maximum absolute atomic E-state index is 11.6. The average Bonchev–Trinajstić information content (AvgIpc) is 2.11. The molecule has 1 saturated heterocycles. The number of ether oxygens (including phenoxy) is 2. The fourth-order valence-electron chi connectivity index (χ4n) is 2.01. The lowest BCUT2D eigenvalue weighted by Gasteiger charge is -2.32. The summed E-state index contributed by atoms with van der Waals surface area (Å²) in [6, 6.07) is 0. The normalized spacial score (nSPS) is 30.1. The number of hydrogen-bond acceptors (Lipinski definition) is 4. The van der Waals surface area contributed by atoms with Gasteiger partial charge in [-0.1, -0.05) is 0 Å². The molecule has 1 rings (SSSR count). The Labute approximate surface area is 104 Å². The topological polar surface area (TPSA) is 47.6 Å². The molecule has 2 unspecified atom stereocenters. The second-order valence-corrected chi connectivity index (χ2v) is 5.94. The highest BCUT2D eigenvalue weighted by atomic mass is 16.6. The lowest BCUT2D eigenvalue weighted by atomic mass is 10.0. The second-order valence-electron chi connectivity index (χ2n) is 5.94. The first-order chi connectivity index (χ1) is 7.76. The average molecular weight is 243 g/mol. The van der Waals surface area contributed by atoms with Gasteiger partial charge in [0.2, 0.25) is 0 Å². The Hall–Kier alpha value is -0.610. The van der Waals surface area contributed by atoms with Crippen LogP contribution in [0.25, 0.3) is 0 Å². The summed E-state index contributed by atoms with van der Waals surface area (Å²) in [7, 11) is 0. The minimum Gasteiger partial charge on any atom is -0.461 e. The van der Waals surface area contributed by atoms with E-state index in [-0.39, 0.29) is 36.4 Å². The highest BCUT2D eigenvalue weighted by Gasteiger charge is 2.27.